The summed E-state index contributed by atoms with van der Waals surface area (Å²) < 4.78 is 0. The highest BCUT2D eigenvalue weighted by atomic mass is 16.3. The molecule has 0 aliphatic carbocycles. The lowest BCUT2D eigenvalue weighted by atomic mass is 9.97. The van der Waals surface area contributed by atoms with Crippen molar-refractivity contribution in [1.29, 1.82) is 0 Å². The molecule has 0 fully saturated rings. The van der Waals surface area contributed by atoms with Gasteiger partial charge in [0.25, 0.3) is 5.91 Å². The quantitative estimate of drug-likeness (QED) is 0.583. The Morgan fingerprint density at radius 1 is 1.56 bits per heavy atom. The molecule has 16 heavy (non-hydrogen) atoms. The van der Waals surface area contributed by atoms with Crippen LogP contribution in [0.4, 0.5) is 0 Å². The zero-order valence-corrected chi connectivity index (χ0v) is 9.34. The minimum absolute atomic E-state index is 0.0262. The van der Waals surface area contributed by atoms with Crippen molar-refractivity contribution in [1.82, 2.24) is 10.4 Å². The Morgan fingerprint density at radius 2 is 2.19 bits per heavy atom. The van der Waals surface area contributed by atoms with Crippen molar-refractivity contribution < 1.29 is 9.90 Å². The molecule has 0 saturated heterocycles. The van der Waals surface area contributed by atoms with Gasteiger partial charge < -0.3 is 5.11 Å². The number of rotatable bonds is 4. The van der Waals surface area contributed by atoms with Crippen LogP contribution < -0.4 is 5.43 Å². The predicted molar refractivity (Wildman–Crippen MR) is 61.1 cm³/mol. The van der Waals surface area contributed by atoms with Crippen LogP contribution in [0.25, 0.3) is 0 Å². The van der Waals surface area contributed by atoms with Crippen molar-refractivity contribution in [2.24, 2.45) is 10.5 Å². The maximum atomic E-state index is 11.5. The van der Waals surface area contributed by atoms with E-state index in [9.17, 15) is 4.79 Å². The van der Waals surface area contributed by atoms with E-state index in [-0.39, 0.29) is 12.5 Å². The summed E-state index contributed by atoms with van der Waals surface area (Å²) in [6.07, 6.45) is 4.58. The molecule has 1 aromatic heterocycles. The highest BCUT2D eigenvalue weighted by molar-refractivity contribution is 5.94. The number of hydrazone groups is 1. The van der Waals surface area contributed by atoms with Crippen LogP contribution in [0.2, 0.25) is 0 Å². The molecular weight excluding hydrogens is 206 g/mol. The number of aliphatic hydroxyl groups excluding tert-OH is 1. The number of hydrogen-bond acceptors (Lipinski definition) is 4. The zero-order chi connectivity index (χ0) is 12.0. The van der Waals surface area contributed by atoms with Crippen LogP contribution in [-0.4, -0.2) is 28.8 Å². The molecule has 0 aromatic carbocycles. The van der Waals surface area contributed by atoms with Gasteiger partial charge in [0.05, 0.1) is 6.61 Å². The van der Waals surface area contributed by atoms with E-state index < -0.39 is 5.41 Å². The molecule has 0 aliphatic heterocycles. The summed E-state index contributed by atoms with van der Waals surface area (Å²) in [5.41, 5.74) is 2.44. The van der Waals surface area contributed by atoms with Gasteiger partial charge in [-0.25, -0.2) is 5.43 Å². The number of carbonyl (C=O) groups is 1. The van der Waals surface area contributed by atoms with Gasteiger partial charge in [0.2, 0.25) is 0 Å². The van der Waals surface area contributed by atoms with Gasteiger partial charge in [-0.05, 0) is 12.1 Å². The first kappa shape index (κ1) is 12.3. The molecule has 0 unspecified atom stereocenters. The van der Waals surface area contributed by atoms with E-state index in [1.54, 1.807) is 12.1 Å². The van der Waals surface area contributed by atoms with Crippen LogP contribution >= 0.6 is 0 Å². The molecule has 0 bridgehead atoms. The van der Waals surface area contributed by atoms with Crippen LogP contribution in [0, 0.1) is 5.41 Å². The van der Waals surface area contributed by atoms with E-state index >= 15 is 0 Å². The maximum absolute atomic E-state index is 11.5. The van der Waals surface area contributed by atoms with Gasteiger partial charge in [-0.15, -0.1) is 0 Å². The Balaban J connectivity index is 2.54. The molecule has 0 atom stereocenters. The molecule has 0 spiro atoms. The van der Waals surface area contributed by atoms with Crippen LogP contribution in [0.5, 0.6) is 0 Å². The largest absolute Gasteiger partial charge is 0.395 e. The lowest BCUT2D eigenvalue weighted by Crippen LogP contribution is -2.23. The Hall–Kier alpha value is -1.75. The lowest BCUT2D eigenvalue weighted by molar-refractivity contribution is 0.0954. The fourth-order valence-corrected chi connectivity index (χ4v) is 0.874. The van der Waals surface area contributed by atoms with Crippen LogP contribution in [0.3, 0.4) is 0 Å². The second-order valence-electron chi connectivity index (χ2n) is 4.08. The third-order valence-corrected chi connectivity index (χ3v) is 1.93. The fourth-order valence-electron chi connectivity index (χ4n) is 0.874. The molecule has 1 rings (SSSR count). The van der Waals surface area contributed by atoms with E-state index in [2.05, 4.69) is 15.5 Å². The zero-order valence-electron chi connectivity index (χ0n) is 9.34. The average molecular weight is 221 g/mol. The summed E-state index contributed by atoms with van der Waals surface area (Å²) in [5, 5.41) is 12.7. The average Bonchev–Trinajstić information content (AvgIpc) is 2.30. The molecule has 5 nitrogen and oxygen atoms in total. The Labute approximate surface area is 94.2 Å². The Bertz CT molecular complexity index is 374. The summed E-state index contributed by atoms with van der Waals surface area (Å²) in [6, 6.07) is 3.20. The van der Waals surface area contributed by atoms with Crippen molar-refractivity contribution in [3.63, 3.8) is 0 Å². The summed E-state index contributed by atoms with van der Waals surface area (Å²) in [5.74, 6) is -0.299. The van der Waals surface area contributed by atoms with Crippen molar-refractivity contribution in [2.45, 2.75) is 13.8 Å². The van der Waals surface area contributed by atoms with Crippen LogP contribution in [-0.2, 0) is 0 Å². The summed E-state index contributed by atoms with van der Waals surface area (Å²) >= 11 is 0. The number of nitrogens with one attached hydrogen (secondary N) is 1. The van der Waals surface area contributed by atoms with Gasteiger partial charge in [-0.2, -0.15) is 5.10 Å². The smallest absolute Gasteiger partial charge is 0.271 e. The third-order valence-electron chi connectivity index (χ3n) is 1.93. The van der Waals surface area contributed by atoms with Crippen molar-refractivity contribution in [3.05, 3.63) is 30.1 Å². The number of nitrogens with zero attached hydrogens (tertiary/aromatic N) is 2. The molecule has 1 amide bonds. The van der Waals surface area contributed by atoms with E-state index in [4.69, 9.17) is 5.11 Å². The summed E-state index contributed by atoms with van der Waals surface area (Å²) in [4.78, 5) is 15.3. The highest BCUT2D eigenvalue weighted by Crippen LogP contribution is 2.08. The fraction of sp³-hybridized carbons (Fsp3) is 0.364. The molecular formula is C11H15N3O2. The summed E-state index contributed by atoms with van der Waals surface area (Å²) in [7, 11) is 0. The SMILES string of the molecule is CC(C)(C=NNC(=O)c1ccncc1)CO. The Morgan fingerprint density at radius 3 is 2.75 bits per heavy atom. The van der Waals surface area contributed by atoms with E-state index in [0.717, 1.165) is 0 Å². The Kier molecular flexibility index (Phi) is 4.13. The third kappa shape index (κ3) is 3.78. The van der Waals surface area contributed by atoms with Gasteiger partial charge in [-0.1, -0.05) is 13.8 Å². The number of carbonyl (C=O) groups excluding carboxylic acids is 1. The van der Waals surface area contributed by atoms with E-state index in [0.29, 0.717) is 5.56 Å². The normalized spacial score (nSPS) is 11.7. The first-order valence-electron chi connectivity index (χ1n) is 4.90. The molecule has 0 radical (unpaired) electrons. The van der Waals surface area contributed by atoms with Crippen molar-refractivity contribution in [3.8, 4) is 0 Å². The van der Waals surface area contributed by atoms with E-state index in [1.165, 1.54) is 18.6 Å². The topological polar surface area (TPSA) is 74.6 Å². The maximum Gasteiger partial charge on any atom is 0.271 e. The van der Waals surface area contributed by atoms with Gasteiger partial charge in [0.15, 0.2) is 0 Å². The molecule has 1 aromatic rings. The molecule has 0 saturated carbocycles. The van der Waals surface area contributed by atoms with E-state index in [1.807, 2.05) is 13.8 Å². The number of amides is 1. The second-order valence-corrected chi connectivity index (χ2v) is 4.08. The second kappa shape index (κ2) is 5.37. The van der Waals surface area contributed by atoms with Crippen molar-refractivity contribution in [2.75, 3.05) is 6.61 Å². The van der Waals surface area contributed by atoms with Gasteiger partial charge in [0.1, 0.15) is 0 Å². The minimum Gasteiger partial charge on any atom is -0.395 e. The number of aromatic nitrogens is 1. The summed E-state index contributed by atoms with van der Waals surface area (Å²) in [6.45, 7) is 3.60. The number of pyridine rings is 1. The highest BCUT2D eigenvalue weighted by Gasteiger charge is 2.12. The predicted octanol–water partition coefficient (Wildman–Crippen LogP) is 0.816. The minimum atomic E-state index is -0.439. The number of hydrogen-bond donors (Lipinski definition) is 2. The van der Waals surface area contributed by atoms with Crippen LogP contribution in [0.15, 0.2) is 29.6 Å². The van der Waals surface area contributed by atoms with Crippen molar-refractivity contribution >= 4 is 12.1 Å². The molecule has 1 heterocycles. The molecule has 2 N–H and O–H groups in total. The molecule has 0 aliphatic rings. The standard InChI is InChI=1S/C11H15N3O2/c1-11(2,8-15)7-13-14-10(16)9-3-5-12-6-4-9/h3-7,15H,8H2,1-2H3,(H,14,16). The van der Waals surface area contributed by atoms with Crippen LogP contribution in [0.1, 0.15) is 24.2 Å². The van der Waals surface area contributed by atoms with Gasteiger partial charge >= 0.3 is 0 Å². The first-order valence-corrected chi connectivity index (χ1v) is 4.90. The first-order chi connectivity index (χ1) is 7.55. The van der Waals surface area contributed by atoms with Gasteiger partial charge in [0, 0.05) is 29.6 Å². The number of aliphatic hydroxyl groups is 1. The molecule has 5 heteroatoms. The van der Waals surface area contributed by atoms with Gasteiger partial charge in [-0.3, -0.25) is 9.78 Å². The molecule has 86 valence electrons. The monoisotopic (exact) mass is 221 g/mol. The lowest BCUT2D eigenvalue weighted by Gasteiger charge is -2.14.